The zero-order valence-electron chi connectivity index (χ0n) is 13.5. The second-order valence-electron chi connectivity index (χ2n) is 7.29. The second kappa shape index (κ2) is 5.51. The van der Waals surface area contributed by atoms with Crippen LogP contribution >= 0.6 is 0 Å². The standard InChI is InChI=1S/C14H29BO3Si/c1-8-14(9-16)10(2)11(12(15)17-14)18-19(6,7)13(3,4)5/h10-12,16H,8-9H2,1-7H3/t10-,11+,12+,14-/m0/s1. The van der Waals surface area contributed by atoms with Crippen LogP contribution in [0, 0.1) is 5.92 Å². The minimum Gasteiger partial charge on any atom is -0.412 e. The maximum absolute atomic E-state index is 9.66. The number of rotatable bonds is 4. The van der Waals surface area contributed by atoms with Crippen molar-refractivity contribution in [1.82, 2.24) is 0 Å². The Morgan fingerprint density at radius 2 is 1.89 bits per heavy atom. The molecule has 19 heavy (non-hydrogen) atoms. The van der Waals surface area contributed by atoms with Crippen LogP contribution in [0.25, 0.3) is 0 Å². The summed E-state index contributed by atoms with van der Waals surface area (Å²) in [5.41, 5.74) is -0.549. The fourth-order valence-electron chi connectivity index (χ4n) is 2.41. The van der Waals surface area contributed by atoms with Gasteiger partial charge >= 0.3 is 0 Å². The van der Waals surface area contributed by atoms with Crippen molar-refractivity contribution >= 4 is 16.2 Å². The van der Waals surface area contributed by atoms with E-state index in [1.165, 1.54) is 0 Å². The second-order valence-corrected chi connectivity index (χ2v) is 12.0. The molecule has 110 valence electrons. The van der Waals surface area contributed by atoms with E-state index in [-0.39, 0.29) is 23.7 Å². The average Bonchev–Trinajstić information content (AvgIpc) is 2.52. The van der Waals surface area contributed by atoms with Gasteiger partial charge in [0.05, 0.1) is 18.3 Å². The highest BCUT2D eigenvalue weighted by atomic mass is 28.4. The summed E-state index contributed by atoms with van der Waals surface area (Å²) in [6.07, 6.45) is 0.614. The van der Waals surface area contributed by atoms with Gasteiger partial charge < -0.3 is 14.3 Å². The summed E-state index contributed by atoms with van der Waals surface area (Å²) in [5, 5.41) is 9.80. The van der Waals surface area contributed by atoms with E-state index in [4.69, 9.17) is 17.0 Å². The van der Waals surface area contributed by atoms with Gasteiger partial charge in [0.15, 0.2) is 8.32 Å². The number of aliphatic hydroxyl groups excluding tert-OH is 1. The van der Waals surface area contributed by atoms with Crippen LogP contribution in [0.1, 0.15) is 41.0 Å². The summed E-state index contributed by atoms with van der Waals surface area (Å²) in [7, 11) is 4.23. The van der Waals surface area contributed by atoms with Gasteiger partial charge in [0.25, 0.3) is 0 Å². The Bertz CT molecular complexity index is 310. The van der Waals surface area contributed by atoms with Gasteiger partial charge in [0, 0.05) is 11.9 Å². The van der Waals surface area contributed by atoms with E-state index in [2.05, 4.69) is 40.8 Å². The molecule has 1 saturated heterocycles. The van der Waals surface area contributed by atoms with Gasteiger partial charge in [-0.25, -0.2) is 0 Å². The Balaban J connectivity index is 2.91. The molecule has 2 radical (unpaired) electrons. The lowest BCUT2D eigenvalue weighted by Crippen LogP contribution is -2.48. The minimum absolute atomic E-state index is 0.00424. The average molecular weight is 284 g/mol. The molecular weight excluding hydrogens is 255 g/mol. The highest BCUT2D eigenvalue weighted by Crippen LogP contribution is 2.44. The van der Waals surface area contributed by atoms with E-state index in [1.54, 1.807) is 0 Å². The molecule has 4 atom stereocenters. The Kier molecular flexibility index (Phi) is 4.99. The summed E-state index contributed by atoms with van der Waals surface area (Å²) in [5.74, 6) is 0.103. The molecule has 1 aliphatic rings. The van der Waals surface area contributed by atoms with Crippen LogP contribution in [0.15, 0.2) is 0 Å². The van der Waals surface area contributed by atoms with Crippen molar-refractivity contribution in [2.24, 2.45) is 5.92 Å². The molecule has 1 heterocycles. The van der Waals surface area contributed by atoms with Crippen molar-refractivity contribution in [3.05, 3.63) is 0 Å². The van der Waals surface area contributed by atoms with E-state index in [1.807, 2.05) is 6.92 Å². The molecular formula is C14H29BO3Si. The molecule has 0 aliphatic carbocycles. The largest absolute Gasteiger partial charge is 0.412 e. The number of hydrogen-bond acceptors (Lipinski definition) is 3. The van der Waals surface area contributed by atoms with Gasteiger partial charge in [-0.15, -0.1) is 0 Å². The molecule has 1 rings (SSSR count). The van der Waals surface area contributed by atoms with E-state index in [0.29, 0.717) is 0 Å². The fourth-order valence-corrected chi connectivity index (χ4v) is 3.79. The molecule has 3 nitrogen and oxygen atoms in total. The SMILES string of the molecule is [B][C@@H]1O[C@@](CC)(CO)[C@@H](C)[C@H]1O[Si](C)(C)C(C)(C)C. The van der Waals surface area contributed by atoms with Crippen molar-refractivity contribution in [1.29, 1.82) is 0 Å². The van der Waals surface area contributed by atoms with Crippen LogP contribution < -0.4 is 0 Å². The molecule has 0 bridgehead atoms. The molecule has 1 aliphatic heterocycles. The van der Waals surface area contributed by atoms with Crippen molar-refractivity contribution in [3.63, 3.8) is 0 Å². The molecule has 1 fully saturated rings. The molecule has 0 saturated carbocycles. The summed E-state index contributed by atoms with van der Waals surface area (Å²) in [6.45, 7) is 15.2. The third-order valence-electron chi connectivity index (χ3n) is 5.12. The smallest absolute Gasteiger partial charge is 0.192 e. The van der Waals surface area contributed by atoms with Gasteiger partial charge in [0.2, 0.25) is 0 Å². The third-order valence-corrected chi connectivity index (χ3v) is 9.59. The van der Waals surface area contributed by atoms with Gasteiger partial charge in [0.1, 0.15) is 7.85 Å². The van der Waals surface area contributed by atoms with Gasteiger partial charge in [-0.3, -0.25) is 0 Å². The van der Waals surface area contributed by atoms with Crippen LogP contribution in [0.2, 0.25) is 18.1 Å². The molecule has 0 spiro atoms. The van der Waals surface area contributed by atoms with Crippen LogP contribution in [-0.2, 0) is 9.16 Å². The summed E-state index contributed by atoms with van der Waals surface area (Å²) in [6, 6.07) is -0.448. The fraction of sp³-hybridized carbons (Fsp3) is 1.00. The highest BCUT2D eigenvalue weighted by Gasteiger charge is 2.52. The maximum atomic E-state index is 9.66. The lowest BCUT2D eigenvalue weighted by Gasteiger charge is -2.40. The van der Waals surface area contributed by atoms with Gasteiger partial charge in [-0.05, 0) is 24.6 Å². The Hall–Kier alpha value is 0.162. The Morgan fingerprint density at radius 1 is 1.37 bits per heavy atom. The molecule has 0 aromatic rings. The first-order valence-electron chi connectivity index (χ1n) is 7.23. The molecule has 5 heteroatoms. The van der Waals surface area contributed by atoms with Crippen LogP contribution in [0.3, 0.4) is 0 Å². The Morgan fingerprint density at radius 3 is 2.21 bits per heavy atom. The first-order chi connectivity index (χ1) is 8.50. The topological polar surface area (TPSA) is 38.7 Å². The Labute approximate surface area is 120 Å². The van der Waals surface area contributed by atoms with E-state index in [0.717, 1.165) is 6.42 Å². The first-order valence-corrected chi connectivity index (χ1v) is 10.1. The molecule has 0 unspecified atom stereocenters. The van der Waals surface area contributed by atoms with Gasteiger partial charge in [-0.1, -0.05) is 34.6 Å². The number of hydrogen-bond donors (Lipinski definition) is 1. The van der Waals surface area contributed by atoms with Crippen molar-refractivity contribution in [2.45, 2.75) is 76.9 Å². The lowest BCUT2D eigenvalue weighted by molar-refractivity contribution is -0.0709. The third kappa shape index (κ3) is 3.09. The zero-order chi connectivity index (χ0) is 15.1. The van der Waals surface area contributed by atoms with E-state index < -0.39 is 19.9 Å². The highest BCUT2D eigenvalue weighted by molar-refractivity contribution is 6.74. The lowest BCUT2D eigenvalue weighted by atomic mass is 9.82. The zero-order valence-corrected chi connectivity index (χ0v) is 14.5. The van der Waals surface area contributed by atoms with Crippen LogP contribution in [-0.4, -0.2) is 45.6 Å². The first kappa shape index (κ1) is 17.2. The van der Waals surface area contributed by atoms with Crippen LogP contribution in [0.5, 0.6) is 0 Å². The summed E-state index contributed by atoms with van der Waals surface area (Å²) >= 11 is 0. The van der Waals surface area contributed by atoms with E-state index in [9.17, 15) is 5.11 Å². The minimum atomic E-state index is -1.88. The van der Waals surface area contributed by atoms with Crippen molar-refractivity contribution in [3.8, 4) is 0 Å². The van der Waals surface area contributed by atoms with Crippen molar-refractivity contribution < 1.29 is 14.3 Å². The quantitative estimate of drug-likeness (QED) is 0.807. The van der Waals surface area contributed by atoms with Gasteiger partial charge in [-0.2, -0.15) is 0 Å². The molecule has 0 aromatic carbocycles. The monoisotopic (exact) mass is 284 g/mol. The number of ether oxygens (including phenoxy) is 1. The van der Waals surface area contributed by atoms with E-state index >= 15 is 0 Å². The predicted octanol–water partition coefficient (Wildman–Crippen LogP) is 2.68. The maximum Gasteiger partial charge on any atom is 0.192 e. The molecule has 0 amide bonds. The molecule has 1 N–H and O–H groups in total. The normalized spacial score (nSPS) is 36.7. The molecule has 0 aromatic heterocycles. The predicted molar refractivity (Wildman–Crippen MR) is 82.0 cm³/mol. The summed E-state index contributed by atoms with van der Waals surface area (Å²) < 4.78 is 12.3. The van der Waals surface area contributed by atoms with Crippen molar-refractivity contribution in [2.75, 3.05) is 6.61 Å². The van der Waals surface area contributed by atoms with Crippen LogP contribution in [0.4, 0.5) is 0 Å². The number of aliphatic hydroxyl groups is 1. The summed E-state index contributed by atoms with van der Waals surface area (Å²) in [4.78, 5) is 0.